The molecule has 0 aliphatic carbocycles. The standard InChI is InChI=1S/C17H14N4O3/c22-9-11-15(19-12-4-1-3-10-6-7-18-14(10)12)20-16-13(23)5-2-8-21(16)17(11)24/h1-8,18-19,22-23H,9H2. The predicted octanol–water partition coefficient (Wildman–Crippen LogP) is 2.12. The number of rotatable bonds is 3. The van der Waals surface area contributed by atoms with Gasteiger partial charge in [-0.25, -0.2) is 4.98 Å². The molecule has 0 saturated carbocycles. The number of aromatic hydroxyl groups is 1. The van der Waals surface area contributed by atoms with E-state index in [9.17, 15) is 15.0 Å². The second-order valence-electron chi connectivity index (χ2n) is 5.36. The van der Waals surface area contributed by atoms with Crippen LogP contribution in [0.5, 0.6) is 5.75 Å². The predicted molar refractivity (Wildman–Crippen MR) is 90.6 cm³/mol. The molecule has 0 radical (unpaired) electrons. The normalized spacial score (nSPS) is 11.2. The smallest absolute Gasteiger partial charge is 0.265 e. The number of benzene rings is 1. The number of H-pyrrole nitrogens is 1. The Morgan fingerprint density at radius 1 is 1.21 bits per heavy atom. The number of nitrogens with one attached hydrogen (secondary N) is 2. The van der Waals surface area contributed by atoms with E-state index in [0.29, 0.717) is 0 Å². The Bertz CT molecular complexity index is 1110. The minimum atomic E-state index is -0.465. The van der Waals surface area contributed by atoms with Crippen LogP contribution in [-0.2, 0) is 6.61 Å². The van der Waals surface area contributed by atoms with Crippen LogP contribution in [-0.4, -0.2) is 24.6 Å². The minimum absolute atomic E-state index is 0.111. The summed E-state index contributed by atoms with van der Waals surface area (Å²) in [6, 6.07) is 10.6. The Morgan fingerprint density at radius 3 is 2.92 bits per heavy atom. The van der Waals surface area contributed by atoms with E-state index in [4.69, 9.17) is 0 Å². The van der Waals surface area contributed by atoms with E-state index < -0.39 is 12.2 Å². The van der Waals surface area contributed by atoms with Crippen molar-refractivity contribution >= 4 is 28.1 Å². The number of hydrogen-bond acceptors (Lipinski definition) is 5. The van der Waals surface area contributed by atoms with E-state index in [1.54, 1.807) is 6.07 Å². The average molecular weight is 322 g/mol. The van der Waals surface area contributed by atoms with E-state index in [1.807, 2.05) is 30.5 Å². The number of anilines is 2. The summed E-state index contributed by atoms with van der Waals surface area (Å²) in [5.41, 5.74) is 1.40. The summed E-state index contributed by atoms with van der Waals surface area (Å²) in [6.45, 7) is -0.465. The average Bonchev–Trinajstić information content (AvgIpc) is 3.06. The molecule has 4 rings (SSSR count). The molecule has 1 aromatic carbocycles. The van der Waals surface area contributed by atoms with Gasteiger partial charge in [-0.05, 0) is 24.3 Å². The lowest BCUT2D eigenvalue weighted by molar-refractivity contribution is 0.280. The third-order valence-corrected chi connectivity index (χ3v) is 3.93. The molecule has 24 heavy (non-hydrogen) atoms. The van der Waals surface area contributed by atoms with Gasteiger partial charge in [0.05, 0.1) is 23.4 Å². The second kappa shape index (κ2) is 5.39. The van der Waals surface area contributed by atoms with E-state index in [1.165, 1.54) is 16.7 Å². The summed E-state index contributed by atoms with van der Waals surface area (Å²) in [5.74, 6) is 0.103. The summed E-state index contributed by atoms with van der Waals surface area (Å²) in [6.07, 6.45) is 3.32. The molecule has 0 aliphatic heterocycles. The van der Waals surface area contributed by atoms with Gasteiger partial charge in [-0.2, -0.15) is 0 Å². The van der Waals surface area contributed by atoms with Gasteiger partial charge in [0, 0.05) is 17.8 Å². The Morgan fingerprint density at radius 2 is 2.08 bits per heavy atom. The number of aromatic amines is 1. The van der Waals surface area contributed by atoms with E-state index in [0.717, 1.165) is 16.6 Å². The summed E-state index contributed by atoms with van der Waals surface area (Å²) >= 11 is 0. The molecular weight excluding hydrogens is 308 g/mol. The molecule has 0 bridgehead atoms. The fourth-order valence-corrected chi connectivity index (χ4v) is 2.75. The summed E-state index contributed by atoms with van der Waals surface area (Å²) in [4.78, 5) is 20.0. The van der Waals surface area contributed by atoms with Gasteiger partial charge >= 0.3 is 0 Å². The molecule has 0 aliphatic rings. The number of pyridine rings is 1. The largest absolute Gasteiger partial charge is 0.504 e. The van der Waals surface area contributed by atoms with Gasteiger partial charge in [0.15, 0.2) is 11.4 Å². The maximum atomic E-state index is 12.5. The Balaban J connectivity index is 1.94. The molecule has 7 nitrogen and oxygen atoms in total. The second-order valence-corrected chi connectivity index (χ2v) is 5.36. The first kappa shape index (κ1) is 14.3. The first-order valence-corrected chi connectivity index (χ1v) is 7.36. The molecule has 0 saturated heterocycles. The Hall–Kier alpha value is -3.32. The van der Waals surface area contributed by atoms with E-state index in [2.05, 4.69) is 15.3 Å². The minimum Gasteiger partial charge on any atom is -0.504 e. The number of aliphatic hydroxyl groups excluding tert-OH is 1. The van der Waals surface area contributed by atoms with Gasteiger partial charge in [0.25, 0.3) is 5.56 Å². The SMILES string of the molecule is O=c1c(CO)c(Nc2cccc3cc[nH]c23)nc2c(O)cccn12. The molecule has 0 spiro atoms. The van der Waals surface area contributed by atoms with Crippen LogP contribution in [0, 0.1) is 0 Å². The highest BCUT2D eigenvalue weighted by molar-refractivity contribution is 5.92. The third kappa shape index (κ3) is 2.10. The van der Waals surface area contributed by atoms with Crippen LogP contribution in [0.1, 0.15) is 5.56 Å². The maximum Gasteiger partial charge on any atom is 0.265 e. The molecule has 0 atom stereocenters. The fraction of sp³-hybridized carbons (Fsp3) is 0.0588. The van der Waals surface area contributed by atoms with Crippen molar-refractivity contribution in [2.24, 2.45) is 0 Å². The number of nitrogens with zero attached hydrogens (tertiary/aromatic N) is 2. The molecule has 0 unspecified atom stereocenters. The maximum absolute atomic E-state index is 12.5. The highest BCUT2D eigenvalue weighted by Gasteiger charge is 2.15. The number of fused-ring (bicyclic) bond motifs is 2. The molecular formula is C17H14N4O3. The monoisotopic (exact) mass is 322 g/mol. The molecule has 3 heterocycles. The molecule has 4 N–H and O–H groups in total. The molecule has 3 aromatic heterocycles. The van der Waals surface area contributed by atoms with Crippen LogP contribution in [0.4, 0.5) is 11.5 Å². The van der Waals surface area contributed by atoms with Crippen molar-refractivity contribution in [3.8, 4) is 5.75 Å². The zero-order valence-electron chi connectivity index (χ0n) is 12.5. The molecule has 7 heteroatoms. The topological polar surface area (TPSA) is 103 Å². The van der Waals surface area contributed by atoms with E-state index in [-0.39, 0.29) is 22.8 Å². The molecule has 0 amide bonds. The van der Waals surface area contributed by atoms with Crippen molar-refractivity contribution in [2.45, 2.75) is 6.61 Å². The number of para-hydroxylation sites is 1. The molecule has 4 aromatic rings. The quantitative estimate of drug-likeness (QED) is 0.463. The van der Waals surface area contributed by atoms with Crippen molar-refractivity contribution in [3.05, 3.63) is 64.7 Å². The van der Waals surface area contributed by atoms with Crippen LogP contribution in [0.2, 0.25) is 0 Å². The fourth-order valence-electron chi connectivity index (χ4n) is 2.75. The van der Waals surface area contributed by atoms with Crippen LogP contribution in [0.15, 0.2) is 53.6 Å². The first-order chi connectivity index (χ1) is 11.7. The van der Waals surface area contributed by atoms with Crippen molar-refractivity contribution in [1.29, 1.82) is 0 Å². The van der Waals surface area contributed by atoms with Gasteiger partial charge < -0.3 is 20.5 Å². The van der Waals surface area contributed by atoms with Crippen molar-refractivity contribution in [3.63, 3.8) is 0 Å². The Kier molecular flexibility index (Phi) is 3.21. The number of aromatic nitrogens is 3. The van der Waals surface area contributed by atoms with Gasteiger partial charge in [-0.3, -0.25) is 9.20 Å². The number of aliphatic hydroxyl groups is 1. The lowest BCUT2D eigenvalue weighted by atomic mass is 10.2. The third-order valence-electron chi connectivity index (χ3n) is 3.93. The van der Waals surface area contributed by atoms with Crippen LogP contribution >= 0.6 is 0 Å². The molecule has 120 valence electrons. The summed E-state index contributed by atoms with van der Waals surface area (Å²) in [7, 11) is 0. The molecule has 0 fully saturated rings. The van der Waals surface area contributed by atoms with Crippen molar-refractivity contribution in [2.75, 3.05) is 5.32 Å². The van der Waals surface area contributed by atoms with Gasteiger partial charge in [-0.15, -0.1) is 0 Å². The summed E-state index contributed by atoms with van der Waals surface area (Å²) in [5, 5.41) is 23.7. The zero-order chi connectivity index (χ0) is 16.7. The van der Waals surface area contributed by atoms with E-state index >= 15 is 0 Å². The summed E-state index contributed by atoms with van der Waals surface area (Å²) < 4.78 is 1.21. The lowest BCUT2D eigenvalue weighted by Crippen LogP contribution is -2.21. The van der Waals surface area contributed by atoms with Crippen LogP contribution < -0.4 is 10.9 Å². The van der Waals surface area contributed by atoms with Crippen LogP contribution in [0.25, 0.3) is 16.6 Å². The van der Waals surface area contributed by atoms with Gasteiger partial charge in [-0.1, -0.05) is 12.1 Å². The Labute approximate surface area is 135 Å². The highest BCUT2D eigenvalue weighted by Crippen LogP contribution is 2.26. The lowest BCUT2D eigenvalue weighted by Gasteiger charge is -2.12. The van der Waals surface area contributed by atoms with Crippen molar-refractivity contribution in [1.82, 2.24) is 14.4 Å². The van der Waals surface area contributed by atoms with Gasteiger partial charge in [0.1, 0.15) is 5.82 Å². The van der Waals surface area contributed by atoms with Crippen molar-refractivity contribution < 1.29 is 10.2 Å². The number of hydrogen-bond donors (Lipinski definition) is 4. The zero-order valence-corrected chi connectivity index (χ0v) is 12.5. The van der Waals surface area contributed by atoms with Crippen LogP contribution in [0.3, 0.4) is 0 Å². The highest BCUT2D eigenvalue weighted by atomic mass is 16.3. The van der Waals surface area contributed by atoms with Gasteiger partial charge in [0.2, 0.25) is 0 Å². The first-order valence-electron chi connectivity index (χ1n) is 7.36.